The lowest BCUT2D eigenvalue weighted by Crippen LogP contribution is -2.20. The lowest BCUT2D eigenvalue weighted by molar-refractivity contribution is -0.124. The maximum Gasteiger partial charge on any atom is 0.240 e. The standard InChI is InChI=1S/C19H20BrN3O4/c1-2-27-17-8-3-13(11-16(17)24)12-21-23-19(26)10-9-18(25)22-15-6-4-14(20)5-7-15/h3-8,11-12,24H,2,9-10H2,1H3,(H,22,25)(H,23,26)/b21-12+. The summed E-state index contributed by atoms with van der Waals surface area (Å²) in [6.07, 6.45) is 1.45. The van der Waals surface area contributed by atoms with Crippen molar-refractivity contribution in [3.8, 4) is 11.5 Å². The van der Waals surface area contributed by atoms with E-state index in [9.17, 15) is 14.7 Å². The van der Waals surface area contributed by atoms with Crippen molar-refractivity contribution in [1.29, 1.82) is 0 Å². The minimum Gasteiger partial charge on any atom is -0.504 e. The molecule has 0 aromatic heterocycles. The first-order valence-electron chi connectivity index (χ1n) is 8.31. The summed E-state index contributed by atoms with van der Waals surface area (Å²) in [4.78, 5) is 23.6. The first-order chi connectivity index (χ1) is 13.0. The number of rotatable bonds is 8. The molecule has 27 heavy (non-hydrogen) atoms. The summed E-state index contributed by atoms with van der Waals surface area (Å²) in [6, 6.07) is 12.0. The summed E-state index contributed by atoms with van der Waals surface area (Å²) in [7, 11) is 0. The smallest absolute Gasteiger partial charge is 0.240 e. The van der Waals surface area contributed by atoms with E-state index in [-0.39, 0.29) is 30.4 Å². The van der Waals surface area contributed by atoms with E-state index in [1.54, 1.807) is 24.3 Å². The highest BCUT2D eigenvalue weighted by Gasteiger charge is 2.07. The van der Waals surface area contributed by atoms with Crippen LogP contribution in [0.15, 0.2) is 52.0 Å². The van der Waals surface area contributed by atoms with Gasteiger partial charge in [0.05, 0.1) is 12.8 Å². The molecule has 8 heteroatoms. The fourth-order valence-electron chi connectivity index (χ4n) is 2.11. The molecular formula is C19H20BrN3O4. The van der Waals surface area contributed by atoms with Crippen LogP contribution in [0, 0.1) is 0 Å². The zero-order valence-electron chi connectivity index (χ0n) is 14.7. The third-order valence-corrected chi connectivity index (χ3v) is 3.92. The number of benzene rings is 2. The minimum atomic E-state index is -0.382. The summed E-state index contributed by atoms with van der Waals surface area (Å²) in [6.45, 7) is 2.27. The van der Waals surface area contributed by atoms with Gasteiger partial charge in [0.1, 0.15) is 0 Å². The van der Waals surface area contributed by atoms with Gasteiger partial charge in [-0.05, 0) is 55.0 Å². The Hall–Kier alpha value is -2.87. The van der Waals surface area contributed by atoms with Gasteiger partial charge in [-0.15, -0.1) is 0 Å². The molecule has 0 saturated heterocycles. The molecule has 0 aliphatic rings. The Kier molecular flexibility index (Phi) is 7.81. The Morgan fingerprint density at radius 3 is 2.52 bits per heavy atom. The van der Waals surface area contributed by atoms with Gasteiger partial charge in [0, 0.05) is 23.0 Å². The van der Waals surface area contributed by atoms with Gasteiger partial charge in [-0.3, -0.25) is 9.59 Å². The summed E-state index contributed by atoms with van der Waals surface area (Å²) in [5.74, 6) is -0.257. The van der Waals surface area contributed by atoms with Crippen LogP contribution in [0.1, 0.15) is 25.3 Å². The van der Waals surface area contributed by atoms with E-state index in [1.165, 1.54) is 12.3 Å². The number of amides is 2. The van der Waals surface area contributed by atoms with Crippen molar-refractivity contribution < 1.29 is 19.4 Å². The largest absolute Gasteiger partial charge is 0.504 e. The average molecular weight is 434 g/mol. The second-order valence-electron chi connectivity index (χ2n) is 5.51. The number of carbonyl (C=O) groups is 2. The lowest BCUT2D eigenvalue weighted by atomic mass is 10.2. The number of hydrogen-bond acceptors (Lipinski definition) is 5. The monoisotopic (exact) mass is 433 g/mol. The molecule has 0 heterocycles. The van der Waals surface area contributed by atoms with Gasteiger partial charge < -0.3 is 15.2 Å². The van der Waals surface area contributed by atoms with E-state index in [1.807, 2.05) is 19.1 Å². The molecule has 0 fully saturated rings. The van der Waals surface area contributed by atoms with Gasteiger partial charge in [0.25, 0.3) is 0 Å². The fourth-order valence-corrected chi connectivity index (χ4v) is 2.38. The van der Waals surface area contributed by atoms with Gasteiger partial charge >= 0.3 is 0 Å². The Labute approximate surface area is 165 Å². The van der Waals surface area contributed by atoms with E-state index in [0.29, 0.717) is 23.6 Å². The number of anilines is 1. The van der Waals surface area contributed by atoms with Crippen molar-refractivity contribution in [3.05, 3.63) is 52.5 Å². The molecule has 3 N–H and O–H groups in total. The molecule has 0 unspecified atom stereocenters. The van der Waals surface area contributed by atoms with Crippen LogP contribution in [-0.2, 0) is 9.59 Å². The fraction of sp³-hybridized carbons (Fsp3) is 0.211. The molecule has 0 radical (unpaired) electrons. The lowest BCUT2D eigenvalue weighted by Gasteiger charge is -2.06. The molecule has 0 spiro atoms. The SMILES string of the molecule is CCOc1ccc(/C=N/NC(=O)CCC(=O)Nc2ccc(Br)cc2)cc1O. The number of nitrogens with zero attached hydrogens (tertiary/aromatic N) is 1. The van der Waals surface area contributed by atoms with Crippen LogP contribution in [0.2, 0.25) is 0 Å². The number of carbonyl (C=O) groups excluding carboxylic acids is 2. The summed E-state index contributed by atoms with van der Waals surface area (Å²) < 4.78 is 6.15. The third-order valence-electron chi connectivity index (χ3n) is 3.39. The zero-order valence-corrected chi connectivity index (χ0v) is 16.3. The zero-order chi connectivity index (χ0) is 19.6. The second-order valence-corrected chi connectivity index (χ2v) is 6.42. The number of halogens is 1. The number of hydrogen-bond donors (Lipinski definition) is 3. The van der Waals surface area contributed by atoms with Crippen molar-refractivity contribution in [2.75, 3.05) is 11.9 Å². The van der Waals surface area contributed by atoms with E-state index in [2.05, 4.69) is 31.8 Å². The highest BCUT2D eigenvalue weighted by Crippen LogP contribution is 2.26. The highest BCUT2D eigenvalue weighted by atomic mass is 79.9. The van der Waals surface area contributed by atoms with Crippen LogP contribution in [0.4, 0.5) is 5.69 Å². The van der Waals surface area contributed by atoms with Gasteiger partial charge in [-0.25, -0.2) is 5.43 Å². The molecular weight excluding hydrogens is 414 g/mol. The van der Waals surface area contributed by atoms with Crippen molar-refractivity contribution in [2.24, 2.45) is 5.10 Å². The molecule has 0 aliphatic carbocycles. The van der Waals surface area contributed by atoms with Gasteiger partial charge in [-0.1, -0.05) is 15.9 Å². The van der Waals surface area contributed by atoms with Crippen LogP contribution < -0.4 is 15.5 Å². The summed E-state index contributed by atoms with van der Waals surface area (Å²) in [5.41, 5.74) is 3.61. The second kappa shape index (κ2) is 10.3. The summed E-state index contributed by atoms with van der Waals surface area (Å²) >= 11 is 3.32. The molecule has 2 amide bonds. The van der Waals surface area contributed by atoms with Crippen LogP contribution in [-0.4, -0.2) is 29.7 Å². The van der Waals surface area contributed by atoms with Crippen LogP contribution in [0.3, 0.4) is 0 Å². The third kappa shape index (κ3) is 7.10. The normalized spacial score (nSPS) is 10.6. The predicted molar refractivity (Wildman–Crippen MR) is 107 cm³/mol. The van der Waals surface area contributed by atoms with Gasteiger partial charge in [-0.2, -0.15) is 5.10 Å². The Morgan fingerprint density at radius 1 is 1.15 bits per heavy atom. The number of ether oxygens (including phenoxy) is 1. The number of nitrogens with one attached hydrogen (secondary N) is 2. The van der Waals surface area contributed by atoms with Crippen molar-refractivity contribution in [3.63, 3.8) is 0 Å². The molecule has 0 bridgehead atoms. The van der Waals surface area contributed by atoms with E-state index < -0.39 is 0 Å². The molecule has 7 nitrogen and oxygen atoms in total. The Bertz CT molecular complexity index is 822. The molecule has 0 saturated carbocycles. The topological polar surface area (TPSA) is 100 Å². The first kappa shape index (κ1) is 20.4. The first-order valence-corrected chi connectivity index (χ1v) is 9.10. The quantitative estimate of drug-likeness (QED) is 0.438. The highest BCUT2D eigenvalue weighted by molar-refractivity contribution is 9.10. The van der Waals surface area contributed by atoms with E-state index in [0.717, 1.165) is 4.47 Å². The average Bonchev–Trinajstić information content (AvgIpc) is 2.64. The predicted octanol–water partition coefficient (Wildman–Crippen LogP) is 3.42. The van der Waals surface area contributed by atoms with Crippen LogP contribution in [0.25, 0.3) is 0 Å². The van der Waals surface area contributed by atoms with Crippen molar-refractivity contribution >= 4 is 39.6 Å². The van der Waals surface area contributed by atoms with Crippen molar-refractivity contribution in [2.45, 2.75) is 19.8 Å². The molecule has 2 aromatic rings. The van der Waals surface area contributed by atoms with Crippen molar-refractivity contribution in [1.82, 2.24) is 5.43 Å². The van der Waals surface area contributed by atoms with E-state index >= 15 is 0 Å². The van der Waals surface area contributed by atoms with E-state index in [4.69, 9.17) is 4.74 Å². The maximum atomic E-state index is 11.8. The Morgan fingerprint density at radius 2 is 1.85 bits per heavy atom. The minimum absolute atomic E-state index is 0.00302. The molecule has 0 aliphatic heterocycles. The molecule has 0 atom stereocenters. The Balaban J connectivity index is 1.75. The summed E-state index contributed by atoms with van der Waals surface area (Å²) in [5, 5.41) is 16.3. The molecule has 142 valence electrons. The number of hydrazone groups is 1. The molecule has 2 aromatic carbocycles. The number of phenolic OH excluding ortho intramolecular Hbond substituents is 1. The maximum absolute atomic E-state index is 11.8. The number of phenols is 1. The molecule has 2 rings (SSSR count). The van der Waals surface area contributed by atoms with Crippen LogP contribution >= 0.6 is 15.9 Å². The van der Waals surface area contributed by atoms with Crippen LogP contribution in [0.5, 0.6) is 11.5 Å². The number of aromatic hydroxyl groups is 1. The van der Waals surface area contributed by atoms with Gasteiger partial charge in [0.15, 0.2) is 11.5 Å². The van der Waals surface area contributed by atoms with Gasteiger partial charge in [0.2, 0.25) is 11.8 Å².